The summed E-state index contributed by atoms with van der Waals surface area (Å²) in [5.41, 5.74) is 1.89. The lowest BCUT2D eigenvalue weighted by molar-refractivity contribution is 0.0165. The minimum atomic E-state index is -0.474. The van der Waals surface area contributed by atoms with Crippen LogP contribution in [0.3, 0.4) is 0 Å². The third-order valence-corrected chi connectivity index (χ3v) is 5.38. The molecule has 3 aromatic rings. The number of carbonyl (C=O) groups excluding carboxylic acids is 1. The monoisotopic (exact) mass is 450 g/mol. The Morgan fingerprint density at radius 3 is 2.61 bits per heavy atom. The van der Waals surface area contributed by atoms with Crippen LogP contribution in [0.5, 0.6) is 5.75 Å². The lowest BCUT2D eigenvalue weighted by Gasteiger charge is -2.33. The van der Waals surface area contributed by atoms with Crippen molar-refractivity contribution in [1.29, 1.82) is 0 Å². The van der Waals surface area contributed by atoms with Gasteiger partial charge in [-0.05, 0) is 76.8 Å². The number of rotatable bonds is 5. The summed E-state index contributed by atoms with van der Waals surface area (Å²) in [5.74, 6) is 2.01. The predicted molar refractivity (Wildman–Crippen MR) is 124 cm³/mol. The topological polar surface area (TPSA) is 90.6 Å². The van der Waals surface area contributed by atoms with Crippen molar-refractivity contribution in [2.75, 3.05) is 19.7 Å². The van der Waals surface area contributed by atoms with Crippen molar-refractivity contribution < 1.29 is 18.8 Å². The van der Waals surface area contributed by atoms with E-state index in [2.05, 4.69) is 15.1 Å². The zero-order valence-corrected chi connectivity index (χ0v) is 19.6. The van der Waals surface area contributed by atoms with Crippen LogP contribution in [0.25, 0.3) is 23.0 Å². The van der Waals surface area contributed by atoms with Crippen LogP contribution in [-0.4, -0.2) is 51.4 Å². The summed E-state index contributed by atoms with van der Waals surface area (Å²) in [6.07, 6.45) is 1.53. The van der Waals surface area contributed by atoms with Crippen molar-refractivity contribution in [3.05, 3.63) is 48.2 Å². The summed E-state index contributed by atoms with van der Waals surface area (Å²) in [5, 5.41) is 4.06. The highest BCUT2D eigenvalue weighted by molar-refractivity contribution is 5.68. The first-order chi connectivity index (χ1) is 15.8. The standard InChI is InChI=1S/C25H30N4O4/c1-17-7-5-10-21(26-17)22-27-23(33-28-22)19-8-6-9-20(15-19)31-16-18-11-13-29(14-12-18)24(30)32-25(2,3)4/h5-10,15,18H,11-14,16H2,1-4H3. The van der Waals surface area contributed by atoms with Gasteiger partial charge in [-0.3, -0.25) is 0 Å². The van der Waals surface area contributed by atoms with Gasteiger partial charge in [0.05, 0.1) is 6.61 Å². The van der Waals surface area contributed by atoms with Gasteiger partial charge in [-0.15, -0.1) is 0 Å². The van der Waals surface area contributed by atoms with E-state index in [4.69, 9.17) is 14.0 Å². The molecule has 2 aromatic heterocycles. The molecule has 0 radical (unpaired) electrons. The molecule has 0 unspecified atom stereocenters. The molecule has 0 bridgehead atoms. The van der Waals surface area contributed by atoms with Crippen molar-refractivity contribution >= 4 is 6.09 Å². The number of carbonyl (C=O) groups is 1. The van der Waals surface area contributed by atoms with Crippen molar-refractivity contribution in [2.24, 2.45) is 5.92 Å². The molecular formula is C25H30N4O4. The Bertz CT molecular complexity index is 1100. The van der Waals surface area contributed by atoms with E-state index in [1.165, 1.54) is 0 Å². The van der Waals surface area contributed by atoms with Crippen LogP contribution >= 0.6 is 0 Å². The Labute approximate surface area is 193 Å². The zero-order chi connectivity index (χ0) is 23.4. The van der Waals surface area contributed by atoms with Crippen LogP contribution < -0.4 is 4.74 Å². The molecule has 174 valence electrons. The fourth-order valence-electron chi connectivity index (χ4n) is 3.65. The van der Waals surface area contributed by atoms with Crippen LogP contribution in [0.1, 0.15) is 39.3 Å². The molecule has 1 aliphatic rings. The molecule has 4 rings (SSSR count). The number of piperidine rings is 1. The molecule has 1 aliphatic heterocycles. The average Bonchev–Trinajstić information content (AvgIpc) is 3.28. The molecule has 1 saturated heterocycles. The summed E-state index contributed by atoms with van der Waals surface area (Å²) in [6, 6.07) is 13.3. The second kappa shape index (κ2) is 9.60. The summed E-state index contributed by atoms with van der Waals surface area (Å²) in [6.45, 7) is 9.53. The van der Waals surface area contributed by atoms with Crippen molar-refractivity contribution in [3.8, 4) is 28.7 Å². The van der Waals surface area contributed by atoms with Gasteiger partial charge in [-0.2, -0.15) is 4.98 Å². The third kappa shape index (κ3) is 6.09. The molecular weight excluding hydrogens is 420 g/mol. The van der Waals surface area contributed by atoms with E-state index in [1.54, 1.807) is 4.90 Å². The zero-order valence-electron chi connectivity index (χ0n) is 19.6. The lowest BCUT2D eigenvalue weighted by Crippen LogP contribution is -2.42. The normalized spacial score (nSPS) is 14.8. The summed E-state index contributed by atoms with van der Waals surface area (Å²) < 4.78 is 17.0. The van der Waals surface area contributed by atoms with Crippen LogP contribution in [0.15, 0.2) is 47.0 Å². The van der Waals surface area contributed by atoms with Gasteiger partial charge in [0.1, 0.15) is 17.0 Å². The van der Waals surface area contributed by atoms with Crippen LogP contribution in [0.2, 0.25) is 0 Å². The molecule has 8 heteroatoms. The number of amides is 1. The van der Waals surface area contributed by atoms with Gasteiger partial charge < -0.3 is 18.9 Å². The molecule has 0 aliphatic carbocycles. The van der Waals surface area contributed by atoms with Crippen molar-refractivity contribution in [1.82, 2.24) is 20.0 Å². The Morgan fingerprint density at radius 1 is 1.12 bits per heavy atom. The van der Waals surface area contributed by atoms with E-state index in [1.807, 2.05) is 70.2 Å². The Hall–Kier alpha value is -3.42. The molecule has 1 fully saturated rings. The Kier molecular flexibility index (Phi) is 6.62. The van der Waals surface area contributed by atoms with Gasteiger partial charge in [-0.1, -0.05) is 17.3 Å². The number of hydrogen-bond acceptors (Lipinski definition) is 7. The number of benzene rings is 1. The molecule has 33 heavy (non-hydrogen) atoms. The van der Waals surface area contributed by atoms with E-state index >= 15 is 0 Å². The second-order valence-electron chi connectivity index (χ2n) is 9.34. The first-order valence-corrected chi connectivity index (χ1v) is 11.3. The minimum absolute atomic E-state index is 0.241. The predicted octanol–water partition coefficient (Wildman–Crippen LogP) is 5.13. The smallest absolute Gasteiger partial charge is 0.410 e. The second-order valence-corrected chi connectivity index (χ2v) is 9.34. The molecule has 1 aromatic carbocycles. The van der Waals surface area contributed by atoms with E-state index in [0.29, 0.717) is 43.0 Å². The average molecular weight is 451 g/mol. The number of hydrogen-bond donors (Lipinski definition) is 0. The van der Waals surface area contributed by atoms with Gasteiger partial charge in [0.2, 0.25) is 5.82 Å². The molecule has 3 heterocycles. The van der Waals surface area contributed by atoms with Crippen molar-refractivity contribution in [2.45, 2.75) is 46.1 Å². The van der Waals surface area contributed by atoms with Gasteiger partial charge >= 0.3 is 6.09 Å². The third-order valence-electron chi connectivity index (χ3n) is 5.38. The van der Waals surface area contributed by atoms with Gasteiger partial charge in [0.25, 0.3) is 5.89 Å². The number of aryl methyl sites for hydroxylation is 1. The summed E-state index contributed by atoms with van der Waals surface area (Å²) >= 11 is 0. The number of ether oxygens (including phenoxy) is 2. The highest BCUT2D eigenvalue weighted by Crippen LogP contribution is 2.26. The summed E-state index contributed by atoms with van der Waals surface area (Å²) in [7, 11) is 0. The van der Waals surface area contributed by atoms with E-state index < -0.39 is 5.60 Å². The molecule has 0 saturated carbocycles. The largest absolute Gasteiger partial charge is 0.493 e. The molecule has 0 spiro atoms. The minimum Gasteiger partial charge on any atom is -0.493 e. The fourth-order valence-corrected chi connectivity index (χ4v) is 3.65. The van der Waals surface area contributed by atoms with E-state index in [9.17, 15) is 4.79 Å². The Morgan fingerprint density at radius 2 is 1.88 bits per heavy atom. The van der Waals surface area contributed by atoms with Gasteiger partial charge in [-0.25, -0.2) is 9.78 Å². The number of pyridine rings is 1. The van der Waals surface area contributed by atoms with E-state index in [-0.39, 0.29) is 6.09 Å². The van der Waals surface area contributed by atoms with Gasteiger partial charge in [0, 0.05) is 24.3 Å². The first-order valence-electron chi connectivity index (χ1n) is 11.3. The lowest BCUT2D eigenvalue weighted by atomic mass is 9.98. The quantitative estimate of drug-likeness (QED) is 0.532. The van der Waals surface area contributed by atoms with E-state index in [0.717, 1.165) is 29.8 Å². The fraction of sp³-hybridized carbons (Fsp3) is 0.440. The molecule has 8 nitrogen and oxygen atoms in total. The SMILES string of the molecule is Cc1cccc(-c2noc(-c3cccc(OCC4CCN(C(=O)OC(C)(C)C)CC4)c3)n2)n1. The maximum atomic E-state index is 12.2. The highest BCUT2D eigenvalue weighted by Gasteiger charge is 2.27. The molecule has 1 amide bonds. The Balaban J connectivity index is 1.32. The first kappa shape index (κ1) is 22.8. The summed E-state index contributed by atoms with van der Waals surface area (Å²) in [4.78, 5) is 22.9. The molecule has 0 atom stereocenters. The van der Waals surface area contributed by atoms with Crippen LogP contribution in [-0.2, 0) is 4.74 Å². The highest BCUT2D eigenvalue weighted by atomic mass is 16.6. The number of likely N-dealkylation sites (tertiary alicyclic amines) is 1. The van der Waals surface area contributed by atoms with Crippen LogP contribution in [0, 0.1) is 12.8 Å². The van der Waals surface area contributed by atoms with Gasteiger partial charge in [0.15, 0.2) is 0 Å². The number of aromatic nitrogens is 3. The van der Waals surface area contributed by atoms with Crippen LogP contribution in [0.4, 0.5) is 4.79 Å². The maximum Gasteiger partial charge on any atom is 0.410 e. The van der Waals surface area contributed by atoms with Crippen molar-refractivity contribution in [3.63, 3.8) is 0 Å². The number of nitrogens with zero attached hydrogens (tertiary/aromatic N) is 4. The molecule has 0 N–H and O–H groups in total. The maximum absolute atomic E-state index is 12.2.